The van der Waals surface area contributed by atoms with E-state index < -0.39 is 0 Å². The highest BCUT2D eigenvalue weighted by molar-refractivity contribution is 9.10. The minimum atomic E-state index is -0.204. The Kier molecular flexibility index (Phi) is 5.17. The van der Waals surface area contributed by atoms with Gasteiger partial charge in [0.1, 0.15) is 5.82 Å². The maximum absolute atomic E-state index is 13.3. The number of hydrogen-bond donors (Lipinski definition) is 1. The second-order valence-electron chi connectivity index (χ2n) is 5.63. The summed E-state index contributed by atoms with van der Waals surface area (Å²) < 4.78 is 14.2. The van der Waals surface area contributed by atoms with Gasteiger partial charge in [0.25, 0.3) is 0 Å². The highest BCUT2D eigenvalue weighted by Gasteiger charge is 2.11. The molecule has 1 unspecified atom stereocenters. The zero-order valence-electron chi connectivity index (χ0n) is 12.9. The van der Waals surface area contributed by atoms with Crippen molar-refractivity contribution in [2.24, 2.45) is 0 Å². The molecule has 0 saturated heterocycles. The van der Waals surface area contributed by atoms with Crippen LogP contribution in [0, 0.1) is 26.6 Å². The van der Waals surface area contributed by atoms with Crippen molar-refractivity contribution < 1.29 is 4.39 Å². The lowest BCUT2D eigenvalue weighted by atomic mass is 9.96. The molecule has 0 amide bonds. The van der Waals surface area contributed by atoms with Gasteiger partial charge in [-0.1, -0.05) is 28.1 Å². The van der Waals surface area contributed by atoms with Crippen molar-refractivity contribution in [2.75, 3.05) is 0 Å². The van der Waals surface area contributed by atoms with E-state index in [1.165, 1.54) is 28.3 Å². The highest BCUT2D eigenvalue weighted by atomic mass is 79.9. The van der Waals surface area contributed by atoms with E-state index in [4.69, 9.17) is 0 Å². The van der Waals surface area contributed by atoms with Crippen molar-refractivity contribution in [1.82, 2.24) is 5.32 Å². The van der Waals surface area contributed by atoms with Crippen LogP contribution in [0.25, 0.3) is 0 Å². The molecule has 0 aliphatic carbocycles. The van der Waals surface area contributed by atoms with Gasteiger partial charge in [0.2, 0.25) is 0 Å². The Morgan fingerprint density at radius 2 is 1.71 bits per heavy atom. The van der Waals surface area contributed by atoms with E-state index in [0.717, 1.165) is 10.0 Å². The van der Waals surface area contributed by atoms with E-state index in [9.17, 15) is 4.39 Å². The smallest absolute Gasteiger partial charge is 0.123 e. The Labute approximate surface area is 134 Å². The number of nitrogens with one attached hydrogen (secondary N) is 1. The summed E-state index contributed by atoms with van der Waals surface area (Å²) in [5.41, 5.74) is 6.14. The summed E-state index contributed by atoms with van der Waals surface area (Å²) in [5, 5.41) is 3.47. The number of rotatable bonds is 4. The number of aryl methyl sites for hydroxylation is 3. The molecule has 0 heterocycles. The lowest BCUT2D eigenvalue weighted by Gasteiger charge is -2.19. The van der Waals surface area contributed by atoms with Crippen LogP contribution >= 0.6 is 15.9 Å². The first-order chi connectivity index (χ1) is 9.88. The fourth-order valence-corrected chi connectivity index (χ4v) is 2.89. The molecule has 0 aliphatic heterocycles. The fraction of sp³-hybridized carbons (Fsp3) is 0.333. The maximum Gasteiger partial charge on any atom is 0.123 e. The molecule has 0 aromatic heterocycles. The molecule has 2 aromatic carbocycles. The molecule has 0 bridgehead atoms. The van der Waals surface area contributed by atoms with Gasteiger partial charge in [0.05, 0.1) is 0 Å². The molecular formula is C18H21BrFN. The Balaban J connectivity index is 2.13. The summed E-state index contributed by atoms with van der Waals surface area (Å²) in [7, 11) is 0. The number of hydrogen-bond acceptors (Lipinski definition) is 1. The summed E-state index contributed by atoms with van der Waals surface area (Å²) in [4.78, 5) is 0. The van der Waals surface area contributed by atoms with Crippen molar-refractivity contribution in [3.8, 4) is 0 Å². The van der Waals surface area contributed by atoms with Gasteiger partial charge in [-0.05, 0) is 73.7 Å². The average molecular weight is 350 g/mol. The predicted molar refractivity (Wildman–Crippen MR) is 90.0 cm³/mol. The third-order valence-electron chi connectivity index (χ3n) is 3.96. The predicted octanol–water partition coefficient (Wildman–Crippen LogP) is 5.36. The first-order valence-electron chi connectivity index (χ1n) is 7.13. The van der Waals surface area contributed by atoms with Crippen molar-refractivity contribution in [3.63, 3.8) is 0 Å². The summed E-state index contributed by atoms with van der Waals surface area (Å²) in [6.07, 6.45) is 0. The van der Waals surface area contributed by atoms with Crippen molar-refractivity contribution in [2.45, 2.75) is 40.3 Å². The third kappa shape index (κ3) is 3.92. The van der Waals surface area contributed by atoms with Crippen molar-refractivity contribution in [1.29, 1.82) is 0 Å². The molecule has 112 valence electrons. The second kappa shape index (κ2) is 6.71. The molecule has 2 aromatic rings. The topological polar surface area (TPSA) is 12.0 Å². The summed E-state index contributed by atoms with van der Waals surface area (Å²) in [5.74, 6) is -0.204. The Hall–Kier alpha value is -1.19. The van der Waals surface area contributed by atoms with Crippen molar-refractivity contribution in [3.05, 3.63) is 68.4 Å². The third-order valence-corrected chi connectivity index (χ3v) is 4.73. The second-order valence-corrected chi connectivity index (χ2v) is 6.49. The van der Waals surface area contributed by atoms with E-state index in [1.54, 1.807) is 12.1 Å². The molecular weight excluding hydrogens is 329 g/mol. The van der Waals surface area contributed by atoms with E-state index >= 15 is 0 Å². The summed E-state index contributed by atoms with van der Waals surface area (Å²) in [6, 6.07) is 9.46. The minimum Gasteiger partial charge on any atom is -0.306 e. The first kappa shape index (κ1) is 16.2. The van der Waals surface area contributed by atoms with Crippen LogP contribution in [0.5, 0.6) is 0 Å². The first-order valence-corrected chi connectivity index (χ1v) is 7.93. The molecule has 0 saturated carbocycles. The van der Waals surface area contributed by atoms with Crippen LogP contribution in [0.1, 0.15) is 40.8 Å². The van der Waals surface area contributed by atoms with Crippen LogP contribution in [0.2, 0.25) is 0 Å². The Morgan fingerprint density at radius 3 is 2.43 bits per heavy atom. The van der Waals surface area contributed by atoms with Gasteiger partial charge < -0.3 is 5.32 Å². The molecule has 0 fully saturated rings. The van der Waals surface area contributed by atoms with Crippen LogP contribution < -0.4 is 5.32 Å². The van der Waals surface area contributed by atoms with Crippen LogP contribution in [0.4, 0.5) is 4.39 Å². The van der Waals surface area contributed by atoms with Crippen LogP contribution in [0.15, 0.2) is 34.8 Å². The molecule has 1 nitrogen and oxygen atoms in total. The monoisotopic (exact) mass is 349 g/mol. The molecule has 0 spiro atoms. The van der Waals surface area contributed by atoms with Gasteiger partial charge >= 0.3 is 0 Å². The molecule has 0 radical (unpaired) electrons. The lowest BCUT2D eigenvalue weighted by molar-refractivity contribution is 0.565. The largest absolute Gasteiger partial charge is 0.306 e. The molecule has 3 heteroatoms. The average Bonchev–Trinajstić information content (AvgIpc) is 2.43. The molecule has 21 heavy (non-hydrogen) atoms. The molecule has 2 rings (SSSR count). The molecule has 1 atom stereocenters. The standard InChI is InChI=1S/C18H21BrFN/c1-11-7-13(3)17(8-12(11)2)14(4)21-10-15-9-16(20)5-6-18(15)19/h5-9,14,21H,10H2,1-4H3. The van der Waals surface area contributed by atoms with Gasteiger partial charge in [0.15, 0.2) is 0 Å². The minimum absolute atomic E-state index is 0.204. The SMILES string of the molecule is Cc1cc(C)c(C(C)NCc2cc(F)ccc2Br)cc1C. The molecule has 1 N–H and O–H groups in total. The Bertz CT molecular complexity index is 652. The van der Waals surface area contributed by atoms with Gasteiger partial charge in [0, 0.05) is 17.1 Å². The summed E-state index contributed by atoms with van der Waals surface area (Å²) in [6.45, 7) is 9.18. The van der Waals surface area contributed by atoms with Gasteiger partial charge in [-0.2, -0.15) is 0 Å². The normalized spacial score (nSPS) is 12.5. The van der Waals surface area contributed by atoms with E-state index in [2.05, 4.69) is 61.1 Å². The molecule has 0 aliphatic rings. The van der Waals surface area contributed by atoms with Gasteiger partial charge in [-0.15, -0.1) is 0 Å². The van der Waals surface area contributed by atoms with Crippen LogP contribution in [-0.2, 0) is 6.54 Å². The van der Waals surface area contributed by atoms with Gasteiger partial charge in [-0.25, -0.2) is 4.39 Å². The van der Waals surface area contributed by atoms with Crippen LogP contribution in [-0.4, -0.2) is 0 Å². The summed E-state index contributed by atoms with van der Waals surface area (Å²) >= 11 is 3.47. The number of benzene rings is 2. The van der Waals surface area contributed by atoms with E-state index in [1.807, 2.05) is 0 Å². The van der Waals surface area contributed by atoms with Crippen LogP contribution in [0.3, 0.4) is 0 Å². The number of halogens is 2. The van der Waals surface area contributed by atoms with E-state index in [-0.39, 0.29) is 11.9 Å². The highest BCUT2D eigenvalue weighted by Crippen LogP contribution is 2.23. The van der Waals surface area contributed by atoms with E-state index in [0.29, 0.717) is 6.54 Å². The van der Waals surface area contributed by atoms with Gasteiger partial charge in [-0.3, -0.25) is 0 Å². The Morgan fingerprint density at radius 1 is 1.05 bits per heavy atom. The fourth-order valence-electron chi connectivity index (χ4n) is 2.50. The lowest BCUT2D eigenvalue weighted by Crippen LogP contribution is -2.19. The quantitative estimate of drug-likeness (QED) is 0.782. The maximum atomic E-state index is 13.3. The van der Waals surface area contributed by atoms with Crippen molar-refractivity contribution >= 4 is 15.9 Å². The zero-order valence-corrected chi connectivity index (χ0v) is 14.5. The zero-order chi connectivity index (χ0) is 15.6.